The fourth-order valence-corrected chi connectivity index (χ4v) is 5.42. The minimum Gasteiger partial charge on any atom is -0.490 e. The standard InChI is InChI=1S/C30H32N2O3S/c1-3-34-28-19-21(18-26-29(33)32(30(36)31(26)2)25-11-5-4-6-12-25)14-16-27(28)35-20-22-13-15-23-9-7-8-10-24(23)17-22/h7-10,13-19,25H,3-6,11-12,20H2,1-2H3/b26-18-. The smallest absolute Gasteiger partial charge is 0.277 e. The molecule has 5 nitrogen and oxygen atoms in total. The summed E-state index contributed by atoms with van der Waals surface area (Å²) in [7, 11) is 1.87. The van der Waals surface area contributed by atoms with Crippen molar-refractivity contribution >= 4 is 40.1 Å². The van der Waals surface area contributed by atoms with Crippen molar-refractivity contribution in [3.63, 3.8) is 0 Å². The number of carbonyl (C=O) groups is 1. The molecule has 1 aliphatic carbocycles. The predicted octanol–water partition coefficient (Wildman–Crippen LogP) is 6.55. The van der Waals surface area contributed by atoms with E-state index in [1.54, 1.807) is 0 Å². The molecule has 1 heterocycles. The van der Waals surface area contributed by atoms with E-state index < -0.39 is 0 Å². The molecule has 36 heavy (non-hydrogen) atoms. The van der Waals surface area contributed by atoms with Gasteiger partial charge in [0.15, 0.2) is 16.6 Å². The van der Waals surface area contributed by atoms with Crippen LogP contribution < -0.4 is 9.47 Å². The van der Waals surface area contributed by atoms with E-state index in [9.17, 15) is 4.79 Å². The topological polar surface area (TPSA) is 42.0 Å². The first-order chi connectivity index (χ1) is 17.5. The SMILES string of the molecule is CCOc1cc(/C=C2/C(=O)N(C3CCCCC3)C(=S)N2C)ccc1OCc1ccc2ccccc2c1. The number of rotatable bonds is 7. The number of benzene rings is 3. The Bertz CT molecular complexity index is 1310. The lowest BCUT2D eigenvalue weighted by Crippen LogP contribution is -2.41. The number of thiocarbonyl (C=S) groups is 1. The summed E-state index contributed by atoms with van der Waals surface area (Å²) < 4.78 is 12.1. The van der Waals surface area contributed by atoms with Crippen LogP contribution in [0.5, 0.6) is 11.5 Å². The quantitative estimate of drug-likeness (QED) is 0.272. The monoisotopic (exact) mass is 500 g/mol. The normalized spacial score (nSPS) is 17.9. The van der Waals surface area contributed by atoms with E-state index in [4.69, 9.17) is 21.7 Å². The Hall–Kier alpha value is -3.38. The van der Waals surface area contributed by atoms with E-state index in [1.165, 1.54) is 17.2 Å². The molecule has 0 spiro atoms. The van der Waals surface area contributed by atoms with Gasteiger partial charge in [0.05, 0.1) is 6.61 Å². The number of likely N-dealkylation sites (N-methyl/N-ethyl adjacent to an activating group) is 1. The van der Waals surface area contributed by atoms with Crippen LogP contribution in [-0.4, -0.2) is 40.5 Å². The first-order valence-corrected chi connectivity index (χ1v) is 13.2. The third kappa shape index (κ3) is 4.96. The predicted molar refractivity (Wildman–Crippen MR) is 148 cm³/mol. The first kappa shape index (κ1) is 24.3. The number of hydrogen-bond acceptors (Lipinski definition) is 4. The average Bonchev–Trinajstić information content (AvgIpc) is 3.11. The van der Waals surface area contributed by atoms with Crippen LogP contribution in [0.4, 0.5) is 0 Å². The van der Waals surface area contributed by atoms with Crippen LogP contribution >= 0.6 is 12.2 Å². The van der Waals surface area contributed by atoms with Crippen LogP contribution in [0.25, 0.3) is 16.8 Å². The molecule has 1 saturated heterocycles. The molecule has 5 rings (SSSR count). The summed E-state index contributed by atoms with van der Waals surface area (Å²) in [6.07, 6.45) is 7.47. The van der Waals surface area contributed by atoms with Gasteiger partial charge in [-0.3, -0.25) is 9.69 Å². The lowest BCUT2D eigenvalue weighted by molar-refractivity contribution is -0.124. The number of carbonyl (C=O) groups excluding carboxylic acids is 1. The second-order valence-corrected chi connectivity index (χ2v) is 9.81. The van der Waals surface area contributed by atoms with Crippen molar-refractivity contribution in [2.24, 2.45) is 0 Å². The molecule has 1 saturated carbocycles. The second-order valence-electron chi connectivity index (χ2n) is 9.45. The van der Waals surface area contributed by atoms with Crippen molar-refractivity contribution in [2.75, 3.05) is 13.7 Å². The van der Waals surface area contributed by atoms with Crippen LogP contribution in [0.1, 0.15) is 50.2 Å². The zero-order valence-corrected chi connectivity index (χ0v) is 21.7. The van der Waals surface area contributed by atoms with Crippen molar-refractivity contribution in [3.05, 3.63) is 77.5 Å². The Kier molecular flexibility index (Phi) is 7.23. The fourth-order valence-electron chi connectivity index (χ4n) is 5.09. The van der Waals surface area contributed by atoms with E-state index in [2.05, 4.69) is 30.3 Å². The summed E-state index contributed by atoms with van der Waals surface area (Å²) in [6, 6.07) is 20.7. The summed E-state index contributed by atoms with van der Waals surface area (Å²) in [6.45, 7) is 2.91. The van der Waals surface area contributed by atoms with Gasteiger partial charge in [0.2, 0.25) is 0 Å². The van der Waals surface area contributed by atoms with Gasteiger partial charge in [0.25, 0.3) is 5.91 Å². The van der Waals surface area contributed by atoms with Crippen LogP contribution in [0.3, 0.4) is 0 Å². The average molecular weight is 501 g/mol. The Labute approximate surface area is 218 Å². The molecular weight excluding hydrogens is 468 g/mol. The maximum atomic E-state index is 13.3. The Morgan fingerprint density at radius 2 is 1.72 bits per heavy atom. The second kappa shape index (κ2) is 10.7. The minimum absolute atomic E-state index is 0.0102. The van der Waals surface area contributed by atoms with Crippen LogP contribution in [0, 0.1) is 0 Å². The van der Waals surface area contributed by atoms with Gasteiger partial charge in [-0.05, 0) is 78.2 Å². The van der Waals surface area contributed by atoms with Crippen molar-refractivity contribution in [1.82, 2.24) is 9.80 Å². The largest absolute Gasteiger partial charge is 0.490 e. The summed E-state index contributed by atoms with van der Waals surface area (Å²) >= 11 is 5.66. The van der Waals surface area contributed by atoms with E-state index in [1.807, 2.05) is 60.2 Å². The summed E-state index contributed by atoms with van der Waals surface area (Å²) in [5, 5.41) is 3.00. The molecule has 0 bridgehead atoms. The third-order valence-corrected chi connectivity index (χ3v) is 7.48. The Balaban J connectivity index is 1.35. The first-order valence-electron chi connectivity index (χ1n) is 12.8. The van der Waals surface area contributed by atoms with Gasteiger partial charge in [-0.2, -0.15) is 0 Å². The maximum Gasteiger partial charge on any atom is 0.277 e. The third-order valence-electron chi connectivity index (χ3n) is 7.01. The number of nitrogens with zero attached hydrogens (tertiary/aromatic N) is 2. The Morgan fingerprint density at radius 1 is 0.944 bits per heavy atom. The zero-order valence-electron chi connectivity index (χ0n) is 20.9. The Morgan fingerprint density at radius 3 is 2.50 bits per heavy atom. The molecule has 186 valence electrons. The lowest BCUT2D eigenvalue weighted by atomic mass is 9.94. The molecule has 3 aromatic carbocycles. The molecule has 0 aromatic heterocycles. The van der Waals surface area contributed by atoms with Gasteiger partial charge in [0, 0.05) is 13.1 Å². The van der Waals surface area contributed by atoms with Crippen LogP contribution in [0.2, 0.25) is 0 Å². The zero-order chi connectivity index (χ0) is 25.1. The number of fused-ring (bicyclic) bond motifs is 1. The van der Waals surface area contributed by atoms with Crippen molar-refractivity contribution < 1.29 is 14.3 Å². The van der Waals surface area contributed by atoms with E-state index in [0.29, 0.717) is 35.5 Å². The highest BCUT2D eigenvalue weighted by atomic mass is 32.1. The van der Waals surface area contributed by atoms with Gasteiger partial charge in [-0.15, -0.1) is 0 Å². The number of amides is 1. The van der Waals surface area contributed by atoms with Crippen molar-refractivity contribution in [2.45, 2.75) is 51.7 Å². The van der Waals surface area contributed by atoms with Gasteiger partial charge in [0.1, 0.15) is 12.3 Å². The number of ether oxygens (including phenoxy) is 2. The summed E-state index contributed by atoms with van der Waals surface area (Å²) in [4.78, 5) is 17.0. The van der Waals surface area contributed by atoms with Crippen molar-refractivity contribution in [3.8, 4) is 11.5 Å². The van der Waals surface area contributed by atoms with E-state index in [-0.39, 0.29) is 11.9 Å². The highest BCUT2D eigenvalue weighted by Crippen LogP contribution is 2.33. The molecule has 0 atom stereocenters. The van der Waals surface area contributed by atoms with Gasteiger partial charge >= 0.3 is 0 Å². The minimum atomic E-state index is -0.0102. The molecular formula is C30H32N2O3S. The number of hydrogen-bond donors (Lipinski definition) is 0. The lowest BCUT2D eigenvalue weighted by Gasteiger charge is -2.30. The van der Waals surface area contributed by atoms with Gasteiger partial charge in [-0.25, -0.2) is 0 Å². The molecule has 0 N–H and O–H groups in total. The molecule has 3 aromatic rings. The maximum absolute atomic E-state index is 13.3. The summed E-state index contributed by atoms with van der Waals surface area (Å²) in [5.74, 6) is 1.33. The molecule has 6 heteroatoms. The van der Waals surface area contributed by atoms with Crippen LogP contribution in [0.15, 0.2) is 66.4 Å². The molecule has 2 fully saturated rings. The fraction of sp³-hybridized carbons (Fsp3) is 0.333. The summed E-state index contributed by atoms with van der Waals surface area (Å²) in [5.41, 5.74) is 2.56. The van der Waals surface area contributed by atoms with Gasteiger partial charge < -0.3 is 14.4 Å². The molecule has 0 radical (unpaired) electrons. The molecule has 1 amide bonds. The molecule has 0 unspecified atom stereocenters. The highest BCUT2D eigenvalue weighted by molar-refractivity contribution is 7.80. The van der Waals surface area contributed by atoms with Crippen LogP contribution in [-0.2, 0) is 11.4 Å². The van der Waals surface area contributed by atoms with E-state index in [0.717, 1.165) is 36.8 Å². The van der Waals surface area contributed by atoms with Crippen molar-refractivity contribution in [1.29, 1.82) is 0 Å². The molecule has 2 aliphatic rings. The van der Waals surface area contributed by atoms with Gasteiger partial charge in [-0.1, -0.05) is 61.7 Å². The van der Waals surface area contributed by atoms with E-state index >= 15 is 0 Å². The molecule has 1 aliphatic heterocycles. The highest BCUT2D eigenvalue weighted by Gasteiger charge is 2.40.